The van der Waals surface area contributed by atoms with Crippen LogP contribution in [0.15, 0.2) is 48.5 Å². The fourth-order valence-electron chi connectivity index (χ4n) is 1.98. The van der Waals surface area contributed by atoms with Crippen LogP contribution >= 0.6 is 0 Å². The molecule has 2 aromatic carbocycles. The van der Waals surface area contributed by atoms with Gasteiger partial charge in [0.25, 0.3) is 0 Å². The van der Waals surface area contributed by atoms with Crippen molar-refractivity contribution in [2.45, 2.75) is 20.3 Å². The molecule has 0 bridgehead atoms. The number of benzene rings is 2. The molecule has 5 nitrogen and oxygen atoms in total. The van der Waals surface area contributed by atoms with Gasteiger partial charge in [-0.1, -0.05) is 31.2 Å². The molecule has 0 saturated carbocycles. The number of carbonyl (C=O) groups is 2. The third kappa shape index (κ3) is 4.57. The predicted molar refractivity (Wildman–Crippen MR) is 87.9 cm³/mol. The largest absolute Gasteiger partial charge is 0.493 e. The van der Waals surface area contributed by atoms with Gasteiger partial charge < -0.3 is 14.8 Å². The molecule has 2 rings (SSSR count). The van der Waals surface area contributed by atoms with Gasteiger partial charge in [-0.25, -0.2) is 4.79 Å². The Labute approximate surface area is 135 Å². The number of ether oxygens (including phenoxy) is 2. The number of hydrogen-bond acceptors (Lipinski definition) is 4. The molecule has 0 heterocycles. The lowest BCUT2D eigenvalue weighted by Gasteiger charge is -2.12. The second kappa shape index (κ2) is 7.98. The maximum atomic E-state index is 12.4. The summed E-state index contributed by atoms with van der Waals surface area (Å²) in [7, 11) is 0. The smallest absolute Gasteiger partial charge is 0.347 e. The van der Waals surface area contributed by atoms with Crippen LogP contribution in [0.5, 0.6) is 11.5 Å². The van der Waals surface area contributed by atoms with Crippen LogP contribution in [0.3, 0.4) is 0 Å². The normalized spacial score (nSPS) is 10.0. The summed E-state index contributed by atoms with van der Waals surface area (Å²) in [5.74, 6) is 0.00374. The van der Waals surface area contributed by atoms with Crippen molar-refractivity contribution < 1.29 is 19.1 Å². The van der Waals surface area contributed by atoms with Crippen LogP contribution in [0, 0.1) is 0 Å². The van der Waals surface area contributed by atoms with Crippen molar-refractivity contribution in [3.05, 3.63) is 54.1 Å². The van der Waals surface area contributed by atoms with E-state index in [0.29, 0.717) is 23.6 Å². The van der Waals surface area contributed by atoms with Gasteiger partial charge in [0.2, 0.25) is 5.91 Å². The minimum absolute atomic E-state index is 0.236. The van der Waals surface area contributed by atoms with Crippen molar-refractivity contribution in [1.82, 2.24) is 0 Å². The number of hydrogen-bond donors (Lipinski definition) is 1. The van der Waals surface area contributed by atoms with Gasteiger partial charge in [0.1, 0.15) is 11.3 Å². The minimum atomic E-state index is -0.533. The molecular formula is C18H19NO4. The van der Waals surface area contributed by atoms with E-state index in [9.17, 15) is 9.59 Å². The van der Waals surface area contributed by atoms with Crippen molar-refractivity contribution in [2.75, 3.05) is 11.9 Å². The molecule has 0 aromatic heterocycles. The summed E-state index contributed by atoms with van der Waals surface area (Å²) in [5.41, 5.74) is 0.791. The Morgan fingerprint density at radius 3 is 2.35 bits per heavy atom. The molecule has 120 valence electrons. The molecule has 2 aromatic rings. The Morgan fingerprint density at radius 2 is 1.65 bits per heavy atom. The van der Waals surface area contributed by atoms with Crippen molar-refractivity contribution in [3.63, 3.8) is 0 Å². The summed E-state index contributed by atoms with van der Waals surface area (Å²) in [6.07, 6.45) is 0.842. The minimum Gasteiger partial charge on any atom is -0.493 e. The molecule has 0 aliphatic heterocycles. The molecule has 0 aliphatic carbocycles. The summed E-state index contributed by atoms with van der Waals surface area (Å²) in [6.45, 7) is 3.91. The third-order valence-electron chi connectivity index (χ3n) is 2.97. The number of para-hydroxylation sites is 3. The van der Waals surface area contributed by atoms with Crippen molar-refractivity contribution in [2.24, 2.45) is 0 Å². The Morgan fingerprint density at radius 1 is 1.00 bits per heavy atom. The van der Waals surface area contributed by atoms with Crippen molar-refractivity contribution in [1.29, 1.82) is 0 Å². The van der Waals surface area contributed by atoms with Gasteiger partial charge in [-0.15, -0.1) is 0 Å². The summed E-state index contributed by atoms with van der Waals surface area (Å²) in [4.78, 5) is 23.6. The first-order chi connectivity index (χ1) is 11.1. The summed E-state index contributed by atoms with van der Waals surface area (Å²) in [6, 6.07) is 13.7. The monoisotopic (exact) mass is 313 g/mol. The molecule has 0 saturated heterocycles. The first-order valence-electron chi connectivity index (χ1n) is 7.42. The Hall–Kier alpha value is -2.82. The average Bonchev–Trinajstić information content (AvgIpc) is 2.54. The van der Waals surface area contributed by atoms with Gasteiger partial charge in [-0.2, -0.15) is 0 Å². The van der Waals surface area contributed by atoms with E-state index in [1.807, 2.05) is 6.92 Å². The Kier molecular flexibility index (Phi) is 5.74. The molecule has 0 unspecified atom stereocenters. The van der Waals surface area contributed by atoms with Crippen LogP contribution in [0.25, 0.3) is 0 Å². The molecule has 0 spiro atoms. The highest BCUT2D eigenvalue weighted by molar-refractivity contribution is 5.96. The Bertz CT molecular complexity index is 697. The maximum absolute atomic E-state index is 12.4. The number of anilines is 1. The lowest BCUT2D eigenvalue weighted by atomic mass is 10.2. The Balaban J connectivity index is 2.21. The van der Waals surface area contributed by atoms with Crippen LogP contribution in [-0.4, -0.2) is 18.5 Å². The van der Waals surface area contributed by atoms with Gasteiger partial charge >= 0.3 is 5.97 Å². The summed E-state index contributed by atoms with van der Waals surface area (Å²) >= 11 is 0. The van der Waals surface area contributed by atoms with Crippen molar-refractivity contribution >= 4 is 17.6 Å². The fraction of sp³-hybridized carbons (Fsp3) is 0.222. The fourth-order valence-corrected chi connectivity index (χ4v) is 1.98. The zero-order valence-electron chi connectivity index (χ0n) is 13.2. The van der Waals surface area contributed by atoms with E-state index in [-0.39, 0.29) is 11.7 Å². The second-order valence-electron chi connectivity index (χ2n) is 4.91. The van der Waals surface area contributed by atoms with Gasteiger partial charge in [0, 0.05) is 6.92 Å². The molecule has 1 N–H and O–H groups in total. The molecule has 1 amide bonds. The van der Waals surface area contributed by atoms with E-state index in [1.54, 1.807) is 48.5 Å². The quantitative estimate of drug-likeness (QED) is 0.653. The van der Waals surface area contributed by atoms with Crippen LogP contribution < -0.4 is 14.8 Å². The molecule has 0 fully saturated rings. The summed E-state index contributed by atoms with van der Waals surface area (Å²) < 4.78 is 11.0. The number of esters is 1. The van der Waals surface area contributed by atoms with Gasteiger partial charge in [-0.3, -0.25) is 4.79 Å². The van der Waals surface area contributed by atoms with Crippen LogP contribution in [0.1, 0.15) is 30.6 Å². The maximum Gasteiger partial charge on any atom is 0.347 e. The van der Waals surface area contributed by atoms with E-state index >= 15 is 0 Å². The molecule has 0 atom stereocenters. The molecule has 5 heteroatoms. The van der Waals surface area contributed by atoms with Crippen LogP contribution in [0.2, 0.25) is 0 Å². The first kappa shape index (κ1) is 16.5. The summed E-state index contributed by atoms with van der Waals surface area (Å²) in [5, 5.41) is 2.63. The lowest BCUT2D eigenvalue weighted by Crippen LogP contribution is -2.13. The molecule has 0 radical (unpaired) electrons. The third-order valence-corrected chi connectivity index (χ3v) is 2.97. The average molecular weight is 313 g/mol. The van der Waals surface area contributed by atoms with E-state index in [1.165, 1.54) is 6.92 Å². The standard InChI is InChI=1S/C18H19NO4/c1-3-12-22-16-10-6-4-8-14(16)18(21)23-17-11-7-5-9-15(17)19-13(2)20/h4-11H,3,12H2,1-2H3,(H,19,20). The highest BCUT2D eigenvalue weighted by Gasteiger charge is 2.16. The predicted octanol–water partition coefficient (Wildman–Crippen LogP) is 3.65. The highest BCUT2D eigenvalue weighted by atomic mass is 16.5. The van der Waals surface area contributed by atoms with Gasteiger partial charge in [0.15, 0.2) is 5.75 Å². The highest BCUT2D eigenvalue weighted by Crippen LogP contribution is 2.26. The number of rotatable bonds is 6. The molecule has 0 aliphatic rings. The molecule has 23 heavy (non-hydrogen) atoms. The molecular weight excluding hydrogens is 294 g/mol. The van der Waals surface area contributed by atoms with Crippen LogP contribution in [0.4, 0.5) is 5.69 Å². The number of nitrogens with one attached hydrogen (secondary N) is 1. The van der Waals surface area contributed by atoms with Crippen LogP contribution in [-0.2, 0) is 4.79 Å². The SMILES string of the molecule is CCCOc1ccccc1C(=O)Oc1ccccc1NC(C)=O. The lowest BCUT2D eigenvalue weighted by molar-refractivity contribution is -0.114. The second-order valence-corrected chi connectivity index (χ2v) is 4.91. The van der Waals surface area contributed by atoms with Crippen molar-refractivity contribution in [3.8, 4) is 11.5 Å². The van der Waals surface area contributed by atoms with E-state index in [2.05, 4.69) is 5.32 Å². The van der Waals surface area contributed by atoms with E-state index in [0.717, 1.165) is 6.42 Å². The number of amides is 1. The van der Waals surface area contributed by atoms with Gasteiger partial charge in [-0.05, 0) is 30.7 Å². The number of carbonyl (C=O) groups excluding carboxylic acids is 2. The van der Waals surface area contributed by atoms with E-state index < -0.39 is 5.97 Å². The van der Waals surface area contributed by atoms with Gasteiger partial charge in [0.05, 0.1) is 12.3 Å². The zero-order chi connectivity index (χ0) is 16.7. The first-order valence-corrected chi connectivity index (χ1v) is 7.42. The topological polar surface area (TPSA) is 64.6 Å². The zero-order valence-corrected chi connectivity index (χ0v) is 13.2. The van der Waals surface area contributed by atoms with E-state index in [4.69, 9.17) is 9.47 Å².